The predicted molar refractivity (Wildman–Crippen MR) is 88.8 cm³/mol. The maximum Gasteiger partial charge on any atom is 0.161 e. The van der Waals surface area contributed by atoms with Crippen molar-refractivity contribution in [2.75, 3.05) is 46.9 Å². The van der Waals surface area contributed by atoms with E-state index in [0.29, 0.717) is 6.61 Å². The van der Waals surface area contributed by atoms with Crippen molar-refractivity contribution in [1.29, 1.82) is 0 Å². The molecule has 0 bridgehead atoms. The molecular formula is C16H27ClN2O2. The van der Waals surface area contributed by atoms with Crippen LogP contribution in [0.15, 0.2) is 24.3 Å². The van der Waals surface area contributed by atoms with Gasteiger partial charge in [-0.15, -0.1) is 12.4 Å². The number of piperidine rings is 1. The Morgan fingerprint density at radius 1 is 1.29 bits per heavy atom. The topological polar surface area (TPSA) is 33.7 Å². The van der Waals surface area contributed by atoms with Gasteiger partial charge in [-0.3, -0.25) is 4.90 Å². The molecule has 1 heterocycles. The van der Waals surface area contributed by atoms with Gasteiger partial charge in [-0.2, -0.15) is 0 Å². The van der Waals surface area contributed by atoms with Crippen LogP contribution in [0.2, 0.25) is 0 Å². The average Bonchev–Trinajstić information content (AvgIpc) is 2.48. The van der Waals surface area contributed by atoms with Gasteiger partial charge in [-0.05, 0) is 51.0 Å². The van der Waals surface area contributed by atoms with E-state index in [9.17, 15) is 0 Å². The number of hydrogen-bond acceptors (Lipinski definition) is 4. The zero-order chi connectivity index (χ0) is 14.2. The van der Waals surface area contributed by atoms with Gasteiger partial charge in [0.1, 0.15) is 6.61 Å². The quantitative estimate of drug-likeness (QED) is 0.838. The smallest absolute Gasteiger partial charge is 0.161 e. The molecule has 1 aromatic rings. The third kappa shape index (κ3) is 5.73. The highest BCUT2D eigenvalue weighted by molar-refractivity contribution is 5.85. The van der Waals surface area contributed by atoms with E-state index < -0.39 is 0 Å². The molecule has 0 radical (unpaired) electrons. The maximum atomic E-state index is 5.84. The number of benzene rings is 1. The number of likely N-dealkylation sites (tertiary alicyclic amines) is 1. The lowest BCUT2D eigenvalue weighted by atomic mass is 9.98. The predicted octanol–water partition coefficient (Wildman–Crippen LogP) is 2.43. The molecule has 1 aliphatic rings. The minimum atomic E-state index is 0. The van der Waals surface area contributed by atoms with Gasteiger partial charge >= 0.3 is 0 Å². The number of ether oxygens (including phenoxy) is 2. The first-order chi connectivity index (χ1) is 9.83. The van der Waals surface area contributed by atoms with E-state index in [1.54, 1.807) is 7.11 Å². The highest BCUT2D eigenvalue weighted by Crippen LogP contribution is 2.25. The Balaban J connectivity index is 0.00000220. The molecule has 1 fully saturated rings. The fourth-order valence-electron chi connectivity index (χ4n) is 2.83. The molecular weight excluding hydrogens is 288 g/mol. The molecule has 2 rings (SSSR count). The van der Waals surface area contributed by atoms with Crippen molar-refractivity contribution in [3.63, 3.8) is 0 Å². The van der Waals surface area contributed by atoms with Gasteiger partial charge in [0.15, 0.2) is 11.5 Å². The molecule has 1 unspecified atom stereocenters. The summed E-state index contributed by atoms with van der Waals surface area (Å²) in [7, 11) is 3.71. The summed E-state index contributed by atoms with van der Waals surface area (Å²) in [6.07, 6.45) is 2.63. The summed E-state index contributed by atoms with van der Waals surface area (Å²) in [4.78, 5) is 2.50. The van der Waals surface area contributed by atoms with Gasteiger partial charge in [0, 0.05) is 13.1 Å². The fraction of sp³-hybridized carbons (Fsp3) is 0.625. The third-order valence-electron chi connectivity index (χ3n) is 3.83. The minimum Gasteiger partial charge on any atom is -0.493 e. The standard InChI is InChI=1S/C16H26N2O2.ClH/c1-17-12-14-6-5-9-18(13-14)10-11-20-16-8-4-3-7-15(16)19-2;/h3-4,7-8,14,17H,5-6,9-13H2,1-2H3;1H. The number of nitrogens with one attached hydrogen (secondary N) is 1. The first-order valence-electron chi connectivity index (χ1n) is 7.46. The lowest BCUT2D eigenvalue weighted by Gasteiger charge is -2.32. The zero-order valence-electron chi connectivity index (χ0n) is 13.0. The molecule has 120 valence electrons. The Labute approximate surface area is 134 Å². The van der Waals surface area contributed by atoms with Crippen LogP contribution in [0.4, 0.5) is 0 Å². The Morgan fingerprint density at radius 3 is 2.76 bits per heavy atom. The van der Waals surface area contributed by atoms with Crippen LogP contribution in [0.3, 0.4) is 0 Å². The summed E-state index contributed by atoms with van der Waals surface area (Å²) in [6, 6.07) is 7.82. The summed E-state index contributed by atoms with van der Waals surface area (Å²) in [5.41, 5.74) is 0. The average molecular weight is 315 g/mol. The Hall–Kier alpha value is -0.970. The number of hydrogen-bond donors (Lipinski definition) is 1. The first-order valence-corrected chi connectivity index (χ1v) is 7.46. The molecule has 1 aliphatic heterocycles. The zero-order valence-corrected chi connectivity index (χ0v) is 13.8. The second kappa shape index (κ2) is 9.87. The van der Waals surface area contributed by atoms with Crippen molar-refractivity contribution in [3.8, 4) is 11.5 Å². The van der Waals surface area contributed by atoms with Gasteiger partial charge in [-0.1, -0.05) is 12.1 Å². The molecule has 0 spiro atoms. The van der Waals surface area contributed by atoms with Crippen LogP contribution in [0.5, 0.6) is 11.5 Å². The Kier molecular flexibility index (Phi) is 8.50. The molecule has 0 aromatic heterocycles. The second-order valence-electron chi connectivity index (χ2n) is 5.37. The van der Waals surface area contributed by atoms with Crippen LogP contribution >= 0.6 is 12.4 Å². The van der Waals surface area contributed by atoms with Gasteiger partial charge in [0.25, 0.3) is 0 Å². The molecule has 1 aromatic carbocycles. The lowest BCUT2D eigenvalue weighted by Crippen LogP contribution is -2.40. The molecule has 0 aliphatic carbocycles. The van der Waals surface area contributed by atoms with E-state index in [-0.39, 0.29) is 12.4 Å². The summed E-state index contributed by atoms with van der Waals surface area (Å²) < 4.78 is 11.1. The molecule has 1 N–H and O–H groups in total. The van der Waals surface area contributed by atoms with Crippen molar-refractivity contribution in [2.24, 2.45) is 5.92 Å². The molecule has 1 saturated heterocycles. The monoisotopic (exact) mass is 314 g/mol. The molecule has 21 heavy (non-hydrogen) atoms. The number of nitrogens with zero attached hydrogens (tertiary/aromatic N) is 1. The van der Waals surface area contributed by atoms with Crippen molar-refractivity contribution in [3.05, 3.63) is 24.3 Å². The van der Waals surface area contributed by atoms with Gasteiger partial charge in [0.05, 0.1) is 7.11 Å². The largest absolute Gasteiger partial charge is 0.493 e. The Bertz CT molecular complexity index is 402. The van der Waals surface area contributed by atoms with E-state index in [1.807, 2.05) is 31.3 Å². The summed E-state index contributed by atoms with van der Waals surface area (Å²) in [5, 5.41) is 3.28. The van der Waals surface area contributed by atoms with Crippen LogP contribution in [0, 0.1) is 5.92 Å². The van der Waals surface area contributed by atoms with Crippen LogP contribution in [-0.2, 0) is 0 Å². The van der Waals surface area contributed by atoms with Crippen molar-refractivity contribution < 1.29 is 9.47 Å². The van der Waals surface area contributed by atoms with Crippen molar-refractivity contribution >= 4 is 12.4 Å². The highest BCUT2D eigenvalue weighted by Gasteiger charge is 2.18. The summed E-state index contributed by atoms with van der Waals surface area (Å²) in [5.74, 6) is 2.41. The summed E-state index contributed by atoms with van der Waals surface area (Å²) >= 11 is 0. The SMILES string of the molecule is CNCC1CCCN(CCOc2ccccc2OC)C1.Cl. The number of rotatable bonds is 7. The molecule has 0 amide bonds. The van der Waals surface area contributed by atoms with Crippen LogP contribution < -0.4 is 14.8 Å². The van der Waals surface area contributed by atoms with Crippen LogP contribution in [0.1, 0.15) is 12.8 Å². The minimum absolute atomic E-state index is 0. The fourth-order valence-corrected chi connectivity index (χ4v) is 2.83. The van der Waals surface area contributed by atoms with Crippen molar-refractivity contribution in [2.45, 2.75) is 12.8 Å². The van der Waals surface area contributed by atoms with E-state index in [0.717, 1.165) is 30.5 Å². The van der Waals surface area contributed by atoms with E-state index in [4.69, 9.17) is 9.47 Å². The van der Waals surface area contributed by atoms with Gasteiger partial charge < -0.3 is 14.8 Å². The molecule has 1 atom stereocenters. The van der Waals surface area contributed by atoms with Crippen LogP contribution in [-0.4, -0.2) is 51.8 Å². The first kappa shape index (κ1) is 18.1. The van der Waals surface area contributed by atoms with Gasteiger partial charge in [0.2, 0.25) is 0 Å². The normalized spacial score (nSPS) is 18.9. The van der Waals surface area contributed by atoms with E-state index in [1.165, 1.54) is 25.9 Å². The third-order valence-corrected chi connectivity index (χ3v) is 3.83. The number of methoxy groups -OCH3 is 1. The molecule has 4 nitrogen and oxygen atoms in total. The number of halogens is 1. The second-order valence-corrected chi connectivity index (χ2v) is 5.37. The Morgan fingerprint density at radius 2 is 2.05 bits per heavy atom. The molecule has 0 saturated carbocycles. The van der Waals surface area contributed by atoms with E-state index in [2.05, 4.69) is 10.2 Å². The highest BCUT2D eigenvalue weighted by atomic mass is 35.5. The maximum absolute atomic E-state index is 5.84. The lowest BCUT2D eigenvalue weighted by molar-refractivity contribution is 0.145. The van der Waals surface area contributed by atoms with Crippen molar-refractivity contribution in [1.82, 2.24) is 10.2 Å². The number of para-hydroxylation sites is 2. The van der Waals surface area contributed by atoms with E-state index >= 15 is 0 Å². The van der Waals surface area contributed by atoms with Crippen LogP contribution in [0.25, 0.3) is 0 Å². The summed E-state index contributed by atoms with van der Waals surface area (Å²) in [6.45, 7) is 5.18. The molecule has 5 heteroatoms. The van der Waals surface area contributed by atoms with Gasteiger partial charge in [-0.25, -0.2) is 0 Å².